The first-order valence-corrected chi connectivity index (χ1v) is 9.47. The molecule has 0 aliphatic heterocycles. The summed E-state index contributed by atoms with van der Waals surface area (Å²) >= 11 is 0. The molecule has 0 heterocycles. The van der Waals surface area contributed by atoms with Gasteiger partial charge in [0.25, 0.3) is 5.91 Å². The number of rotatable bonds is 6. The van der Waals surface area contributed by atoms with Gasteiger partial charge in [0.1, 0.15) is 5.75 Å². The van der Waals surface area contributed by atoms with E-state index in [0.717, 1.165) is 16.7 Å². The minimum atomic E-state index is -0.759. The predicted octanol–water partition coefficient (Wildman–Crippen LogP) is 3.74. The lowest BCUT2D eigenvalue weighted by Crippen LogP contribution is -2.48. The topological polar surface area (TPSA) is 67.4 Å². The van der Waals surface area contributed by atoms with E-state index in [1.807, 2.05) is 79.7 Å². The molecular formula is C24H24N2O3. The van der Waals surface area contributed by atoms with Crippen molar-refractivity contribution in [1.29, 1.82) is 0 Å². The molecule has 0 fully saturated rings. The SMILES string of the molecule is Cc1ccc(OC(C)C(=O)NNC(=O)C(c2ccccc2)c2ccccc2)cc1. The van der Waals surface area contributed by atoms with Gasteiger partial charge < -0.3 is 4.74 Å². The van der Waals surface area contributed by atoms with Crippen LogP contribution in [0.3, 0.4) is 0 Å². The summed E-state index contributed by atoms with van der Waals surface area (Å²) in [5.74, 6) is -0.695. The summed E-state index contributed by atoms with van der Waals surface area (Å²) in [6, 6.07) is 26.3. The van der Waals surface area contributed by atoms with E-state index in [4.69, 9.17) is 4.74 Å². The van der Waals surface area contributed by atoms with Crippen LogP contribution in [-0.4, -0.2) is 17.9 Å². The lowest BCUT2D eigenvalue weighted by atomic mass is 9.91. The number of hydrazine groups is 1. The molecule has 29 heavy (non-hydrogen) atoms. The number of aryl methyl sites for hydroxylation is 1. The van der Waals surface area contributed by atoms with E-state index in [2.05, 4.69) is 10.9 Å². The third-order valence-corrected chi connectivity index (χ3v) is 4.54. The van der Waals surface area contributed by atoms with Gasteiger partial charge in [-0.3, -0.25) is 20.4 Å². The summed E-state index contributed by atoms with van der Waals surface area (Å²) < 4.78 is 5.63. The van der Waals surface area contributed by atoms with Gasteiger partial charge in [0.15, 0.2) is 6.10 Å². The highest BCUT2D eigenvalue weighted by atomic mass is 16.5. The van der Waals surface area contributed by atoms with Gasteiger partial charge in [-0.1, -0.05) is 78.4 Å². The summed E-state index contributed by atoms with van der Waals surface area (Å²) in [7, 11) is 0. The van der Waals surface area contributed by atoms with Gasteiger partial charge in [-0.2, -0.15) is 0 Å². The molecule has 0 spiro atoms. The van der Waals surface area contributed by atoms with Crippen LogP contribution in [0.15, 0.2) is 84.9 Å². The Labute approximate surface area is 170 Å². The molecule has 148 valence electrons. The number of hydrogen-bond donors (Lipinski definition) is 2. The van der Waals surface area contributed by atoms with Crippen LogP contribution in [0.5, 0.6) is 5.75 Å². The molecule has 0 aliphatic carbocycles. The van der Waals surface area contributed by atoms with E-state index in [0.29, 0.717) is 5.75 Å². The fourth-order valence-electron chi connectivity index (χ4n) is 2.96. The Morgan fingerprint density at radius 1 is 0.724 bits per heavy atom. The predicted molar refractivity (Wildman–Crippen MR) is 112 cm³/mol. The van der Waals surface area contributed by atoms with E-state index in [1.54, 1.807) is 19.1 Å². The van der Waals surface area contributed by atoms with Crippen molar-refractivity contribution in [3.8, 4) is 5.75 Å². The minimum Gasteiger partial charge on any atom is -0.481 e. The Morgan fingerprint density at radius 2 is 1.21 bits per heavy atom. The summed E-state index contributed by atoms with van der Waals surface area (Å²) in [5, 5.41) is 0. The molecule has 0 radical (unpaired) electrons. The zero-order chi connectivity index (χ0) is 20.6. The Kier molecular flexibility index (Phi) is 6.63. The Bertz CT molecular complexity index is 901. The smallest absolute Gasteiger partial charge is 0.279 e. The first kappa shape index (κ1) is 20.1. The van der Waals surface area contributed by atoms with E-state index < -0.39 is 17.9 Å². The minimum absolute atomic E-state index is 0.321. The first-order chi connectivity index (χ1) is 14.0. The number of benzene rings is 3. The van der Waals surface area contributed by atoms with Crippen molar-refractivity contribution in [2.24, 2.45) is 0 Å². The van der Waals surface area contributed by atoms with E-state index in [-0.39, 0.29) is 5.91 Å². The van der Waals surface area contributed by atoms with Crippen LogP contribution in [0.4, 0.5) is 0 Å². The second-order valence-electron chi connectivity index (χ2n) is 6.81. The van der Waals surface area contributed by atoms with Gasteiger partial charge in [-0.25, -0.2) is 0 Å². The molecule has 2 N–H and O–H groups in total. The first-order valence-electron chi connectivity index (χ1n) is 9.47. The highest BCUT2D eigenvalue weighted by Crippen LogP contribution is 2.24. The highest BCUT2D eigenvalue weighted by molar-refractivity contribution is 5.90. The Morgan fingerprint density at radius 3 is 1.72 bits per heavy atom. The van der Waals surface area contributed by atoms with Crippen molar-refractivity contribution in [2.45, 2.75) is 25.9 Å². The third kappa shape index (κ3) is 5.45. The molecule has 1 unspecified atom stereocenters. The largest absolute Gasteiger partial charge is 0.481 e. The van der Waals surface area contributed by atoms with Crippen molar-refractivity contribution in [3.05, 3.63) is 102 Å². The third-order valence-electron chi connectivity index (χ3n) is 4.54. The molecule has 0 bridgehead atoms. The molecule has 0 aliphatic rings. The van der Waals surface area contributed by atoms with Crippen molar-refractivity contribution in [1.82, 2.24) is 10.9 Å². The fraction of sp³-hybridized carbons (Fsp3) is 0.167. The number of nitrogens with one attached hydrogen (secondary N) is 2. The number of carbonyl (C=O) groups excluding carboxylic acids is 2. The van der Waals surface area contributed by atoms with Crippen molar-refractivity contribution < 1.29 is 14.3 Å². The quantitative estimate of drug-likeness (QED) is 0.632. The average Bonchev–Trinajstić information content (AvgIpc) is 2.75. The molecule has 5 nitrogen and oxygen atoms in total. The monoisotopic (exact) mass is 388 g/mol. The number of hydrogen-bond acceptors (Lipinski definition) is 3. The molecule has 0 saturated carbocycles. The summed E-state index contributed by atoms with van der Waals surface area (Å²) in [5.41, 5.74) is 7.80. The van der Waals surface area contributed by atoms with Crippen LogP contribution in [0.1, 0.15) is 29.5 Å². The van der Waals surface area contributed by atoms with Gasteiger partial charge in [-0.05, 0) is 37.1 Å². The molecule has 5 heteroatoms. The molecule has 0 saturated heterocycles. The van der Waals surface area contributed by atoms with E-state index in [1.165, 1.54) is 0 Å². The number of carbonyl (C=O) groups is 2. The van der Waals surface area contributed by atoms with Gasteiger partial charge >= 0.3 is 0 Å². The van der Waals surface area contributed by atoms with Crippen molar-refractivity contribution in [2.75, 3.05) is 0 Å². The normalized spacial score (nSPS) is 11.6. The molecule has 0 aromatic heterocycles. The lowest BCUT2D eigenvalue weighted by Gasteiger charge is -2.20. The van der Waals surface area contributed by atoms with Crippen LogP contribution >= 0.6 is 0 Å². The molecule has 3 aromatic carbocycles. The van der Waals surface area contributed by atoms with Crippen molar-refractivity contribution >= 4 is 11.8 Å². The summed E-state index contributed by atoms with van der Waals surface area (Å²) in [6.45, 7) is 3.61. The van der Waals surface area contributed by atoms with Gasteiger partial charge in [-0.15, -0.1) is 0 Å². The molecule has 1 atom stereocenters. The maximum atomic E-state index is 12.9. The van der Waals surface area contributed by atoms with Gasteiger partial charge in [0, 0.05) is 0 Å². The maximum absolute atomic E-state index is 12.9. The van der Waals surface area contributed by atoms with E-state index >= 15 is 0 Å². The molecular weight excluding hydrogens is 364 g/mol. The highest BCUT2D eigenvalue weighted by Gasteiger charge is 2.24. The van der Waals surface area contributed by atoms with Gasteiger partial charge in [0.05, 0.1) is 5.92 Å². The van der Waals surface area contributed by atoms with E-state index in [9.17, 15) is 9.59 Å². The van der Waals surface area contributed by atoms with Crippen molar-refractivity contribution in [3.63, 3.8) is 0 Å². The maximum Gasteiger partial charge on any atom is 0.279 e. The van der Waals surface area contributed by atoms with Crippen LogP contribution in [-0.2, 0) is 9.59 Å². The zero-order valence-corrected chi connectivity index (χ0v) is 16.5. The standard InChI is InChI=1S/C24H24N2O3/c1-17-13-15-21(16-14-17)29-18(2)23(27)25-26-24(28)22(19-9-5-3-6-10-19)20-11-7-4-8-12-20/h3-16,18,22H,1-2H3,(H,25,27)(H,26,28). The Balaban J connectivity index is 1.65. The number of amides is 2. The summed E-state index contributed by atoms with van der Waals surface area (Å²) in [4.78, 5) is 25.3. The lowest BCUT2D eigenvalue weighted by molar-refractivity contribution is -0.133. The number of ether oxygens (including phenoxy) is 1. The molecule has 3 aromatic rings. The molecule has 2 amide bonds. The van der Waals surface area contributed by atoms with Crippen LogP contribution in [0.2, 0.25) is 0 Å². The zero-order valence-electron chi connectivity index (χ0n) is 16.5. The fourth-order valence-corrected chi connectivity index (χ4v) is 2.96. The van der Waals surface area contributed by atoms with Crippen LogP contribution in [0.25, 0.3) is 0 Å². The van der Waals surface area contributed by atoms with Gasteiger partial charge in [0.2, 0.25) is 5.91 Å². The van der Waals surface area contributed by atoms with Crippen LogP contribution < -0.4 is 15.6 Å². The van der Waals surface area contributed by atoms with Crippen LogP contribution in [0, 0.1) is 6.92 Å². The average molecular weight is 388 g/mol. The molecule has 3 rings (SSSR count). The summed E-state index contributed by atoms with van der Waals surface area (Å²) in [6.07, 6.45) is -0.759. The Hall–Kier alpha value is -3.60. The second kappa shape index (κ2) is 9.55. The second-order valence-corrected chi connectivity index (χ2v) is 6.81.